The highest BCUT2D eigenvalue weighted by Crippen LogP contribution is 2.33. The maximum Gasteiger partial charge on any atom is 0.122 e. The zero-order chi connectivity index (χ0) is 7.45. The van der Waals surface area contributed by atoms with Crippen molar-refractivity contribution in [3.63, 3.8) is 0 Å². The van der Waals surface area contributed by atoms with Gasteiger partial charge >= 0.3 is 0 Å². The van der Waals surface area contributed by atoms with Crippen molar-refractivity contribution in [3.8, 4) is 0 Å². The molecule has 60 valence electrons. The average Bonchev–Trinajstić information content (AvgIpc) is 2.33. The summed E-state index contributed by atoms with van der Waals surface area (Å²) < 4.78 is 13.4. The van der Waals surface area contributed by atoms with Crippen LogP contribution in [0.15, 0.2) is 0 Å². The van der Waals surface area contributed by atoms with Gasteiger partial charge in [-0.1, -0.05) is 0 Å². The molecule has 1 nitrogen and oxygen atoms in total. The first kappa shape index (κ1) is 8.34. The third kappa shape index (κ3) is 2.13. The van der Waals surface area contributed by atoms with Crippen LogP contribution in [0.3, 0.4) is 0 Å². The van der Waals surface area contributed by atoms with Crippen LogP contribution < -0.4 is 5.32 Å². The minimum atomic E-state index is -0.853. The molecule has 1 aliphatic rings. The number of thioether (sulfide) groups is 1. The van der Waals surface area contributed by atoms with Crippen LogP contribution in [0.2, 0.25) is 0 Å². The molecule has 0 aromatic heterocycles. The molecule has 1 heterocycles. The van der Waals surface area contributed by atoms with Gasteiger partial charge < -0.3 is 5.32 Å². The van der Waals surface area contributed by atoms with Gasteiger partial charge in [-0.3, -0.25) is 0 Å². The Morgan fingerprint density at radius 1 is 1.70 bits per heavy atom. The first-order chi connectivity index (χ1) is 4.77. The van der Waals surface area contributed by atoms with E-state index in [0.717, 1.165) is 18.7 Å². The highest BCUT2D eigenvalue weighted by atomic mass is 32.2. The van der Waals surface area contributed by atoms with Crippen LogP contribution in [0.4, 0.5) is 4.39 Å². The zero-order valence-corrected chi connectivity index (χ0v) is 7.14. The quantitative estimate of drug-likeness (QED) is 0.675. The lowest BCUT2D eigenvalue weighted by Crippen LogP contribution is -2.27. The molecule has 0 aromatic rings. The lowest BCUT2D eigenvalue weighted by Gasteiger charge is -2.16. The Kier molecular flexibility index (Phi) is 2.98. The van der Waals surface area contributed by atoms with E-state index in [1.165, 1.54) is 0 Å². The number of halogens is 1. The summed E-state index contributed by atoms with van der Waals surface area (Å²) in [6.07, 6.45) is 1.43. The molecular weight excluding hydrogens is 149 g/mol. The van der Waals surface area contributed by atoms with Gasteiger partial charge in [0.05, 0.1) is 0 Å². The van der Waals surface area contributed by atoms with E-state index >= 15 is 0 Å². The van der Waals surface area contributed by atoms with Crippen LogP contribution in [-0.4, -0.2) is 30.8 Å². The molecular formula is C7H14FNS. The lowest BCUT2D eigenvalue weighted by molar-refractivity contribution is 0.185. The second kappa shape index (κ2) is 3.58. The van der Waals surface area contributed by atoms with Gasteiger partial charge in [0, 0.05) is 5.75 Å². The van der Waals surface area contributed by atoms with E-state index in [1.54, 1.807) is 11.8 Å². The van der Waals surface area contributed by atoms with Gasteiger partial charge in [0.15, 0.2) is 0 Å². The average molecular weight is 163 g/mol. The molecule has 1 fully saturated rings. The summed E-state index contributed by atoms with van der Waals surface area (Å²) in [5, 5.41) is 2.97. The normalized spacial score (nSPS) is 33.0. The standard InChI is InChI=1S/C7H14FNS/c1-9-4-2-7(8)3-5-10-6-7/h9H,2-6H2,1H3. The lowest BCUT2D eigenvalue weighted by atomic mass is 10.0. The molecule has 1 saturated heterocycles. The summed E-state index contributed by atoms with van der Waals surface area (Å²) in [5.41, 5.74) is -0.853. The van der Waals surface area contributed by atoms with Crippen molar-refractivity contribution in [3.05, 3.63) is 0 Å². The van der Waals surface area contributed by atoms with E-state index in [9.17, 15) is 4.39 Å². The highest BCUT2D eigenvalue weighted by molar-refractivity contribution is 7.99. The minimum absolute atomic E-state index is 0.677. The van der Waals surface area contributed by atoms with Crippen molar-refractivity contribution >= 4 is 11.8 Å². The Labute approximate surface area is 65.8 Å². The molecule has 0 amide bonds. The van der Waals surface area contributed by atoms with Gasteiger partial charge in [0.1, 0.15) is 5.67 Å². The summed E-state index contributed by atoms with van der Waals surface area (Å²) >= 11 is 1.73. The summed E-state index contributed by atoms with van der Waals surface area (Å²) in [5.74, 6) is 1.70. The van der Waals surface area contributed by atoms with Crippen LogP contribution >= 0.6 is 11.8 Å². The number of hydrogen-bond acceptors (Lipinski definition) is 2. The van der Waals surface area contributed by atoms with Gasteiger partial charge in [-0.25, -0.2) is 4.39 Å². The largest absolute Gasteiger partial charge is 0.320 e. The van der Waals surface area contributed by atoms with Gasteiger partial charge in [-0.05, 0) is 32.2 Å². The Balaban J connectivity index is 2.22. The highest BCUT2D eigenvalue weighted by Gasteiger charge is 2.33. The third-order valence-corrected chi connectivity index (χ3v) is 3.09. The van der Waals surface area contributed by atoms with Crippen molar-refractivity contribution in [1.82, 2.24) is 5.32 Å². The number of nitrogens with one attached hydrogen (secondary N) is 1. The fraction of sp³-hybridized carbons (Fsp3) is 1.00. The predicted octanol–water partition coefficient (Wildman–Crippen LogP) is 1.44. The van der Waals surface area contributed by atoms with Crippen molar-refractivity contribution in [2.45, 2.75) is 18.5 Å². The Bertz CT molecular complexity index is 102. The summed E-state index contributed by atoms with van der Waals surface area (Å²) in [6, 6.07) is 0. The van der Waals surface area contributed by atoms with Crippen molar-refractivity contribution < 1.29 is 4.39 Å². The van der Waals surface area contributed by atoms with Crippen LogP contribution in [0.25, 0.3) is 0 Å². The molecule has 1 unspecified atom stereocenters. The van der Waals surface area contributed by atoms with Crippen molar-refractivity contribution in [1.29, 1.82) is 0 Å². The zero-order valence-electron chi connectivity index (χ0n) is 6.32. The van der Waals surface area contributed by atoms with E-state index < -0.39 is 5.67 Å². The van der Waals surface area contributed by atoms with Gasteiger partial charge in [-0.2, -0.15) is 11.8 Å². The minimum Gasteiger partial charge on any atom is -0.320 e. The molecule has 3 heteroatoms. The predicted molar refractivity (Wildman–Crippen MR) is 44.3 cm³/mol. The number of rotatable bonds is 3. The van der Waals surface area contributed by atoms with E-state index in [0.29, 0.717) is 12.2 Å². The monoisotopic (exact) mass is 163 g/mol. The fourth-order valence-corrected chi connectivity index (χ4v) is 2.44. The summed E-state index contributed by atoms with van der Waals surface area (Å²) in [4.78, 5) is 0. The van der Waals surface area contributed by atoms with E-state index in [2.05, 4.69) is 5.32 Å². The number of hydrogen-bond donors (Lipinski definition) is 1. The SMILES string of the molecule is CNCCC1(F)CCSC1. The van der Waals surface area contributed by atoms with Crippen LogP contribution in [0.5, 0.6) is 0 Å². The second-order valence-corrected chi connectivity index (χ2v) is 3.91. The molecule has 1 atom stereocenters. The Hall–Kier alpha value is 0.240. The van der Waals surface area contributed by atoms with E-state index in [1.807, 2.05) is 7.05 Å². The molecule has 0 aliphatic carbocycles. The molecule has 0 bridgehead atoms. The molecule has 0 radical (unpaired) electrons. The first-order valence-corrected chi connectivity index (χ1v) is 4.84. The Morgan fingerprint density at radius 3 is 3.00 bits per heavy atom. The number of alkyl halides is 1. The maximum absolute atomic E-state index is 13.4. The smallest absolute Gasteiger partial charge is 0.122 e. The maximum atomic E-state index is 13.4. The van der Waals surface area contributed by atoms with Crippen LogP contribution in [0.1, 0.15) is 12.8 Å². The van der Waals surface area contributed by atoms with Gasteiger partial charge in [0.2, 0.25) is 0 Å². The van der Waals surface area contributed by atoms with Gasteiger partial charge in [-0.15, -0.1) is 0 Å². The molecule has 1 aliphatic heterocycles. The first-order valence-electron chi connectivity index (χ1n) is 3.68. The summed E-state index contributed by atoms with van der Waals surface area (Å²) in [6.45, 7) is 0.803. The second-order valence-electron chi connectivity index (χ2n) is 2.81. The van der Waals surface area contributed by atoms with Gasteiger partial charge in [0.25, 0.3) is 0 Å². The fourth-order valence-electron chi connectivity index (χ4n) is 1.13. The van der Waals surface area contributed by atoms with E-state index in [-0.39, 0.29) is 0 Å². The molecule has 1 N–H and O–H groups in total. The van der Waals surface area contributed by atoms with Crippen LogP contribution in [0, 0.1) is 0 Å². The molecule has 0 spiro atoms. The molecule has 10 heavy (non-hydrogen) atoms. The third-order valence-electron chi connectivity index (χ3n) is 1.88. The molecule has 1 rings (SSSR count). The van der Waals surface area contributed by atoms with Crippen molar-refractivity contribution in [2.75, 3.05) is 25.1 Å². The van der Waals surface area contributed by atoms with Crippen LogP contribution in [-0.2, 0) is 0 Å². The molecule has 0 aromatic carbocycles. The molecule has 0 saturated carbocycles. The summed E-state index contributed by atoms with van der Waals surface area (Å²) in [7, 11) is 1.87. The Morgan fingerprint density at radius 2 is 2.50 bits per heavy atom. The topological polar surface area (TPSA) is 12.0 Å². The van der Waals surface area contributed by atoms with E-state index in [4.69, 9.17) is 0 Å². The van der Waals surface area contributed by atoms with Crippen molar-refractivity contribution in [2.24, 2.45) is 0 Å².